The second-order valence-electron chi connectivity index (χ2n) is 0.787. The van der Waals surface area contributed by atoms with Crippen molar-refractivity contribution in [3.8, 4) is 0 Å². The third kappa shape index (κ3) is 111. The summed E-state index contributed by atoms with van der Waals surface area (Å²) in [6.07, 6.45) is 3.28. The Morgan fingerprint density at radius 3 is 1.43 bits per heavy atom. The van der Waals surface area contributed by atoms with Gasteiger partial charge in [0.25, 0.3) is 0 Å². The predicted molar refractivity (Wildman–Crippen MR) is 31.7 cm³/mol. The summed E-state index contributed by atoms with van der Waals surface area (Å²) in [5.74, 6) is 0. The Labute approximate surface area is 62.3 Å². The van der Waals surface area contributed by atoms with Gasteiger partial charge in [0.15, 0.2) is 0 Å². The first kappa shape index (κ1) is 11.2. The molecule has 1 nitrogen and oxygen atoms in total. The summed E-state index contributed by atoms with van der Waals surface area (Å²) in [4.78, 5) is 0. The molecular formula is C2H6Cl2OPdS. The summed E-state index contributed by atoms with van der Waals surface area (Å²) in [6, 6.07) is 0. The molecule has 0 saturated heterocycles. The van der Waals surface area contributed by atoms with Crippen LogP contribution >= 0.6 is 19.1 Å². The molecule has 0 fully saturated rings. The molecule has 0 saturated carbocycles. The summed E-state index contributed by atoms with van der Waals surface area (Å²) >= 11 is -0.106. The molecule has 0 heterocycles. The molecule has 0 aromatic heterocycles. The van der Waals surface area contributed by atoms with Crippen molar-refractivity contribution in [1.82, 2.24) is 0 Å². The second kappa shape index (κ2) is 10.4. The van der Waals surface area contributed by atoms with Crippen LogP contribution in [0.4, 0.5) is 0 Å². The Balaban J connectivity index is 0. The van der Waals surface area contributed by atoms with Crippen molar-refractivity contribution in [2.24, 2.45) is 0 Å². The van der Waals surface area contributed by atoms with Gasteiger partial charge in [0.05, 0.1) is 0 Å². The zero-order chi connectivity index (χ0) is 6.28. The van der Waals surface area contributed by atoms with Crippen LogP contribution < -0.4 is 0 Å². The van der Waals surface area contributed by atoms with Gasteiger partial charge in [0.1, 0.15) is 0 Å². The fourth-order valence-corrected chi connectivity index (χ4v) is 0. The van der Waals surface area contributed by atoms with Crippen molar-refractivity contribution in [3.05, 3.63) is 0 Å². The molecular weight excluding hydrogens is 249 g/mol. The van der Waals surface area contributed by atoms with E-state index in [1.54, 1.807) is 12.5 Å². The normalized spacial score (nSPS) is 8.14. The van der Waals surface area contributed by atoms with Gasteiger partial charge in [-0.05, 0) is 0 Å². The van der Waals surface area contributed by atoms with Crippen molar-refractivity contribution in [2.75, 3.05) is 12.5 Å². The number of rotatable bonds is 0. The zero-order valence-electron chi connectivity index (χ0n) is 3.89. The number of halogens is 2. The molecule has 0 spiro atoms. The van der Waals surface area contributed by atoms with Crippen LogP contribution in [-0.2, 0) is 26.7 Å². The standard InChI is InChI=1S/C2H6OS.2ClH.Pd/c1-4(2)3;;;/h1-2H3;2*1H;/q;;;+2/p-2. The average molecular weight is 255 g/mol. The number of hydrogen-bond donors (Lipinski definition) is 0. The zero-order valence-corrected chi connectivity index (χ0v) is 7.77. The van der Waals surface area contributed by atoms with Crippen molar-refractivity contribution in [2.45, 2.75) is 0 Å². The van der Waals surface area contributed by atoms with E-state index in [1.165, 1.54) is 0 Å². The molecule has 0 rings (SSSR count). The molecule has 7 heavy (non-hydrogen) atoms. The van der Waals surface area contributed by atoms with Crippen LogP contribution in [0, 0.1) is 0 Å². The van der Waals surface area contributed by atoms with Gasteiger partial charge in [-0.1, -0.05) is 0 Å². The summed E-state index contributed by atoms with van der Waals surface area (Å²) in [6.45, 7) is 0. The summed E-state index contributed by atoms with van der Waals surface area (Å²) in [5, 5.41) is 0. The van der Waals surface area contributed by atoms with Gasteiger partial charge in [-0.15, -0.1) is 0 Å². The van der Waals surface area contributed by atoms with Crippen LogP contribution in [0.3, 0.4) is 0 Å². The monoisotopic (exact) mass is 254 g/mol. The van der Waals surface area contributed by atoms with Crippen molar-refractivity contribution < 1.29 is 20.1 Å². The molecule has 0 bridgehead atoms. The molecule has 0 amide bonds. The first-order chi connectivity index (χ1) is 3.15. The van der Waals surface area contributed by atoms with Gasteiger partial charge in [-0.25, -0.2) is 0 Å². The molecule has 0 atom stereocenters. The molecule has 50 valence electrons. The quantitative estimate of drug-likeness (QED) is 0.598. The Bertz CT molecular complexity index is 47.0. The molecule has 0 aliphatic rings. The minimum absolute atomic E-state index is 0.106. The van der Waals surface area contributed by atoms with Gasteiger partial charge >= 0.3 is 35.0 Å². The molecule has 0 N–H and O–H groups in total. The SMILES string of the molecule is CS(C)=O.[Cl][Pd][Cl]. The Kier molecular flexibility index (Phi) is 16.7. The van der Waals surface area contributed by atoms with E-state index in [4.69, 9.17) is 19.1 Å². The van der Waals surface area contributed by atoms with Gasteiger partial charge in [0.2, 0.25) is 0 Å². The van der Waals surface area contributed by atoms with Gasteiger partial charge < -0.3 is 0 Å². The summed E-state index contributed by atoms with van der Waals surface area (Å²) < 4.78 is 9.56. The third-order valence-corrected chi connectivity index (χ3v) is 0. The van der Waals surface area contributed by atoms with Crippen LogP contribution in [0.2, 0.25) is 0 Å². The van der Waals surface area contributed by atoms with E-state index in [-0.39, 0.29) is 15.9 Å². The van der Waals surface area contributed by atoms with E-state index in [1.807, 2.05) is 0 Å². The fourth-order valence-electron chi connectivity index (χ4n) is 0. The van der Waals surface area contributed by atoms with E-state index in [9.17, 15) is 4.21 Å². The van der Waals surface area contributed by atoms with Gasteiger partial charge in [-0.2, -0.15) is 0 Å². The molecule has 0 aliphatic heterocycles. The van der Waals surface area contributed by atoms with E-state index < -0.39 is 10.8 Å². The van der Waals surface area contributed by atoms with Crippen LogP contribution in [0.15, 0.2) is 0 Å². The Hall–Kier alpha value is 1.39. The fraction of sp³-hybridized carbons (Fsp3) is 1.00. The van der Waals surface area contributed by atoms with Crippen molar-refractivity contribution in [1.29, 1.82) is 0 Å². The maximum atomic E-state index is 9.56. The third-order valence-electron chi connectivity index (χ3n) is 0. The van der Waals surface area contributed by atoms with Crippen molar-refractivity contribution >= 4 is 29.9 Å². The van der Waals surface area contributed by atoms with Crippen LogP contribution in [0.25, 0.3) is 0 Å². The molecule has 0 aromatic rings. The molecule has 5 heteroatoms. The van der Waals surface area contributed by atoms with E-state index in [0.717, 1.165) is 0 Å². The summed E-state index contributed by atoms with van der Waals surface area (Å²) in [7, 11) is 9.02. The molecule has 0 aromatic carbocycles. The predicted octanol–water partition coefficient (Wildman–Crippen LogP) is 1.37. The molecule has 0 radical (unpaired) electrons. The van der Waals surface area contributed by atoms with Crippen LogP contribution in [0.5, 0.6) is 0 Å². The Morgan fingerprint density at radius 1 is 1.43 bits per heavy atom. The summed E-state index contributed by atoms with van der Waals surface area (Å²) in [5.41, 5.74) is 0. The minimum atomic E-state index is -0.611. The molecule has 0 aliphatic carbocycles. The van der Waals surface area contributed by atoms with E-state index in [2.05, 4.69) is 0 Å². The van der Waals surface area contributed by atoms with Gasteiger partial charge in [0, 0.05) is 23.3 Å². The average Bonchev–Trinajstić information content (AvgIpc) is 1.33. The first-order valence-electron chi connectivity index (χ1n) is 1.22. The van der Waals surface area contributed by atoms with Gasteiger partial charge in [-0.3, -0.25) is 4.21 Å². The maximum absolute atomic E-state index is 9.56. The topological polar surface area (TPSA) is 17.1 Å². The second-order valence-corrected chi connectivity index (χ2v) is 4.63. The van der Waals surface area contributed by atoms with Crippen molar-refractivity contribution in [3.63, 3.8) is 0 Å². The molecule has 0 unspecified atom stereocenters. The van der Waals surface area contributed by atoms with E-state index >= 15 is 0 Å². The van der Waals surface area contributed by atoms with Crippen LogP contribution in [0.1, 0.15) is 0 Å². The Morgan fingerprint density at radius 2 is 1.43 bits per heavy atom. The first-order valence-corrected chi connectivity index (χ1v) is 7.19. The number of hydrogen-bond acceptors (Lipinski definition) is 1. The van der Waals surface area contributed by atoms with Crippen LogP contribution in [-0.4, -0.2) is 16.7 Å². The van der Waals surface area contributed by atoms with E-state index in [0.29, 0.717) is 0 Å².